The van der Waals surface area contributed by atoms with Gasteiger partial charge in [-0.25, -0.2) is 19.3 Å². The third-order valence-electron chi connectivity index (χ3n) is 2.82. The average molecular weight is 315 g/mol. The van der Waals surface area contributed by atoms with Crippen LogP contribution >= 0.6 is 11.3 Å². The lowest BCUT2D eigenvalue weighted by molar-refractivity contribution is 0.0962. The minimum absolute atomic E-state index is 0.301. The summed E-state index contributed by atoms with van der Waals surface area (Å²) in [4.78, 5) is 23.4. The smallest absolute Gasteiger partial charge is 0.272 e. The number of amides is 1. The topological polar surface area (TPSA) is 79.8 Å². The Balaban J connectivity index is 1.69. The van der Waals surface area contributed by atoms with Gasteiger partial charge >= 0.3 is 0 Å². The maximum atomic E-state index is 14.1. The molecule has 2 aromatic heterocycles. The van der Waals surface area contributed by atoms with Crippen molar-refractivity contribution in [1.82, 2.24) is 20.4 Å². The van der Waals surface area contributed by atoms with Crippen LogP contribution < -0.4 is 10.9 Å². The first kappa shape index (κ1) is 14.1. The highest BCUT2D eigenvalue weighted by Crippen LogP contribution is 2.24. The van der Waals surface area contributed by atoms with Gasteiger partial charge < -0.3 is 0 Å². The highest BCUT2D eigenvalue weighted by Gasteiger charge is 2.09. The number of nitrogens with zero attached hydrogens (tertiary/aromatic N) is 3. The summed E-state index contributed by atoms with van der Waals surface area (Å²) in [5.74, 6) is -0.835. The van der Waals surface area contributed by atoms with E-state index in [0.717, 1.165) is 0 Å². The van der Waals surface area contributed by atoms with Gasteiger partial charge in [-0.2, -0.15) is 0 Å². The van der Waals surface area contributed by atoms with Crippen LogP contribution in [0.4, 0.5) is 10.1 Å². The number of halogens is 1. The lowest BCUT2D eigenvalue weighted by Crippen LogP contribution is -2.29. The molecule has 2 heterocycles. The SMILES string of the molecule is O=C(NNc1ccc(-c2cscn2)c(F)c1)c1cncnc1. The Labute approximate surface area is 129 Å². The zero-order valence-corrected chi connectivity index (χ0v) is 12.0. The highest BCUT2D eigenvalue weighted by molar-refractivity contribution is 7.07. The molecular weight excluding hydrogens is 305 g/mol. The van der Waals surface area contributed by atoms with E-state index in [4.69, 9.17) is 0 Å². The lowest BCUT2D eigenvalue weighted by Gasteiger charge is -2.09. The second-order valence-electron chi connectivity index (χ2n) is 4.27. The van der Waals surface area contributed by atoms with E-state index in [1.54, 1.807) is 23.0 Å². The summed E-state index contributed by atoms with van der Waals surface area (Å²) >= 11 is 1.40. The molecule has 0 aliphatic carbocycles. The molecule has 0 unspecified atom stereocenters. The minimum atomic E-state index is -0.423. The second-order valence-corrected chi connectivity index (χ2v) is 4.99. The Kier molecular flexibility index (Phi) is 4.01. The molecule has 0 saturated heterocycles. The number of aromatic nitrogens is 3. The molecule has 2 N–H and O–H groups in total. The maximum Gasteiger partial charge on any atom is 0.272 e. The number of thiazole rings is 1. The molecule has 0 saturated carbocycles. The van der Waals surface area contributed by atoms with Crippen molar-refractivity contribution in [1.29, 1.82) is 0 Å². The number of hydrogen-bond donors (Lipinski definition) is 2. The molecule has 1 aromatic carbocycles. The van der Waals surface area contributed by atoms with E-state index >= 15 is 0 Å². The van der Waals surface area contributed by atoms with E-state index in [2.05, 4.69) is 25.8 Å². The van der Waals surface area contributed by atoms with Crippen molar-refractivity contribution in [2.24, 2.45) is 0 Å². The summed E-state index contributed by atoms with van der Waals surface area (Å²) in [7, 11) is 0. The molecule has 110 valence electrons. The van der Waals surface area contributed by atoms with E-state index in [9.17, 15) is 9.18 Å². The fourth-order valence-electron chi connectivity index (χ4n) is 1.76. The van der Waals surface area contributed by atoms with E-state index in [0.29, 0.717) is 22.5 Å². The van der Waals surface area contributed by atoms with Crippen molar-refractivity contribution in [2.75, 3.05) is 5.43 Å². The molecule has 3 aromatic rings. The number of carbonyl (C=O) groups excluding carboxylic acids is 1. The van der Waals surface area contributed by atoms with Gasteiger partial charge in [-0.05, 0) is 18.2 Å². The number of hydrogen-bond acceptors (Lipinski definition) is 6. The van der Waals surface area contributed by atoms with Gasteiger partial charge in [-0.1, -0.05) is 0 Å². The molecular formula is C14H10FN5OS. The van der Waals surface area contributed by atoms with Crippen molar-refractivity contribution in [3.63, 3.8) is 0 Å². The van der Waals surface area contributed by atoms with Gasteiger partial charge in [0.05, 0.1) is 22.5 Å². The van der Waals surface area contributed by atoms with Crippen LogP contribution in [0.1, 0.15) is 10.4 Å². The van der Waals surface area contributed by atoms with Crippen LogP contribution in [0.5, 0.6) is 0 Å². The molecule has 8 heteroatoms. The molecule has 0 aliphatic heterocycles. The van der Waals surface area contributed by atoms with Gasteiger partial charge in [-0.15, -0.1) is 11.3 Å². The predicted molar refractivity (Wildman–Crippen MR) is 80.6 cm³/mol. The van der Waals surface area contributed by atoms with Crippen LogP contribution in [0.3, 0.4) is 0 Å². The van der Waals surface area contributed by atoms with Crippen molar-refractivity contribution in [2.45, 2.75) is 0 Å². The van der Waals surface area contributed by atoms with E-state index in [1.807, 2.05) is 0 Å². The second kappa shape index (κ2) is 6.27. The van der Waals surface area contributed by atoms with Gasteiger partial charge in [-0.3, -0.25) is 15.6 Å². The van der Waals surface area contributed by atoms with E-state index in [1.165, 1.54) is 36.1 Å². The quantitative estimate of drug-likeness (QED) is 0.723. The molecule has 0 bridgehead atoms. The zero-order valence-electron chi connectivity index (χ0n) is 11.2. The van der Waals surface area contributed by atoms with Gasteiger partial charge in [0.15, 0.2) is 0 Å². The van der Waals surface area contributed by atoms with Gasteiger partial charge in [0, 0.05) is 23.3 Å². The van der Waals surface area contributed by atoms with Crippen molar-refractivity contribution in [3.05, 3.63) is 59.2 Å². The van der Waals surface area contributed by atoms with Gasteiger partial charge in [0.2, 0.25) is 0 Å². The first-order valence-electron chi connectivity index (χ1n) is 6.23. The molecule has 3 rings (SSSR count). The maximum absolute atomic E-state index is 14.1. The van der Waals surface area contributed by atoms with Crippen LogP contribution in [0.2, 0.25) is 0 Å². The Morgan fingerprint density at radius 3 is 2.73 bits per heavy atom. The third kappa shape index (κ3) is 3.07. The van der Waals surface area contributed by atoms with Crippen LogP contribution in [-0.4, -0.2) is 20.9 Å². The molecule has 0 spiro atoms. The first-order chi connectivity index (χ1) is 10.7. The number of rotatable bonds is 4. The van der Waals surface area contributed by atoms with E-state index in [-0.39, 0.29) is 0 Å². The summed E-state index contributed by atoms with van der Waals surface area (Å²) in [6.07, 6.45) is 4.10. The normalized spacial score (nSPS) is 10.2. The number of hydrazine groups is 1. The molecule has 6 nitrogen and oxygen atoms in total. The molecule has 22 heavy (non-hydrogen) atoms. The Morgan fingerprint density at radius 1 is 1.23 bits per heavy atom. The monoisotopic (exact) mass is 315 g/mol. The van der Waals surface area contributed by atoms with E-state index < -0.39 is 11.7 Å². The Bertz CT molecular complexity index is 779. The number of anilines is 1. The zero-order chi connectivity index (χ0) is 15.4. The largest absolute Gasteiger partial charge is 0.298 e. The minimum Gasteiger partial charge on any atom is -0.298 e. The standard InChI is InChI=1S/C14H10FN5OS/c15-12-3-10(1-2-11(12)13-6-22-8-18-13)19-20-14(21)9-4-16-7-17-5-9/h1-8,19H,(H,20,21). The molecule has 0 atom stereocenters. The van der Waals surface area contributed by atoms with Crippen molar-refractivity contribution < 1.29 is 9.18 Å². The molecule has 1 amide bonds. The molecule has 0 fully saturated rings. The van der Waals surface area contributed by atoms with Crippen molar-refractivity contribution in [3.8, 4) is 11.3 Å². The van der Waals surface area contributed by atoms with Gasteiger partial charge in [0.1, 0.15) is 12.1 Å². The summed E-state index contributed by atoms with van der Waals surface area (Å²) in [6, 6.07) is 4.54. The summed E-state index contributed by atoms with van der Waals surface area (Å²) < 4.78 is 14.1. The summed E-state index contributed by atoms with van der Waals surface area (Å²) in [6.45, 7) is 0. The lowest BCUT2D eigenvalue weighted by atomic mass is 10.1. The number of carbonyl (C=O) groups is 1. The van der Waals surface area contributed by atoms with Crippen LogP contribution in [0.25, 0.3) is 11.3 Å². The predicted octanol–water partition coefficient (Wildman–Crippen LogP) is 2.50. The van der Waals surface area contributed by atoms with Crippen LogP contribution in [0, 0.1) is 5.82 Å². The fraction of sp³-hybridized carbons (Fsp3) is 0. The highest BCUT2D eigenvalue weighted by atomic mass is 32.1. The third-order valence-corrected chi connectivity index (χ3v) is 3.41. The number of benzene rings is 1. The molecule has 0 radical (unpaired) electrons. The Hall–Kier alpha value is -2.87. The number of nitrogens with one attached hydrogen (secondary N) is 2. The summed E-state index contributed by atoms with van der Waals surface area (Å²) in [5, 5.41) is 1.77. The molecule has 0 aliphatic rings. The Morgan fingerprint density at radius 2 is 2.05 bits per heavy atom. The van der Waals surface area contributed by atoms with Crippen LogP contribution in [0.15, 0.2) is 47.8 Å². The van der Waals surface area contributed by atoms with Gasteiger partial charge in [0.25, 0.3) is 5.91 Å². The first-order valence-corrected chi connectivity index (χ1v) is 7.18. The summed E-state index contributed by atoms with van der Waals surface area (Å²) in [5.41, 5.74) is 8.45. The van der Waals surface area contributed by atoms with Crippen molar-refractivity contribution >= 4 is 22.9 Å². The fourth-order valence-corrected chi connectivity index (χ4v) is 2.32. The van der Waals surface area contributed by atoms with Crippen LogP contribution in [-0.2, 0) is 0 Å². The average Bonchev–Trinajstić information content (AvgIpc) is 3.07.